The van der Waals surface area contributed by atoms with Crippen LogP contribution in [0.4, 0.5) is 17.6 Å². The molecule has 0 N–H and O–H groups in total. The van der Waals surface area contributed by atoms with Gasteiger partial charge in [0, 0.05) is 0 Å². The van der Waals surface area contributed by atoms with Crippen LogP contribution in [-0.4, -0.2) is 27.3 Å². The Labute approximate surface area is 69.8 Å². The molecular weight excluding hydrogens is 242 g/mol. The van der Waals surface area contributed by atoms with Crippen LogP contribution in [-0.2, 0) is 20.0 Å². The Morgan fingerprint density at radius 1 is 0.769 bits per heavy atom. The summed E-state index contributed by atoms with van der Waals surface area (Å²) in [7, 11) is -12.0. The number of hydrogen-bond donors (Lipinski definition) is 0. The van der Waals surface area contributed by atoms with Gasteiger partial charge in [0.15, 0.2) is 20.0 Å². The molecule has 0 aromatic rings. The van der Waals surface area contributed by atoms with Crippen LogP contribution in [0.15, 0.2) is 0 Å². The topological polar surface area (TPSA) is 82.4 Å². The molecule has 1 rings (SSSR count). The first kappa shape index (κ1) is 10.7. The first-order valence-electron chi connectivity index (χ1n) is 2.45. The maximum Gasteiger partial charge on any atom is 0.405 e. The standard InChI is InChI=1S/C2F4NO4S2/c3-1(4)2(5,6)13(10,11)7-12(1,8)9/q-1. The third kappa shape index (κ3) is 1.00. The summed E-state index contributed by atoms with van der Waals surface area (Å²) in [5, 5.41) is -11.4. The molecule has 11 heteroatoms. The lowest BCUT2D eigenvalue weighted by atomic mass is 10.7. The molecule has 0 aromatic carbocycles. The Balaban J connectivity index is 3.61. The molecule has 0 atom stereocenters. The lowest BCUT2D eigenvalue weighted by Crippen LogP contribution is -2.42. The largest absolute Gasteiger partial charge is 0.425 e. The molecule has 1 saturated heterocycles. The molecule has 0 amide bonds. The van der Waals surface area contributed by atoms with Gasteiger partial charge in [-0.2, -0.15) is 17.6 Å². The van der Waals surface area contributed by atoms with Crippen LogP contribution in [0, 0.1) is 0 Å². The third-order valence-electron chi connectivity index (χ3n) is 1.18. The van der Waals surface area contributed by atoms with Crippen molar-refractivity contribution < 1.29 is 34.4 Å². The minimum atomic E-state index is -5.99. The fraction of sp³-hybridized carbons (Fsp3) is 1.00. The smallest absolute Gasteiger partial charge is 0.405 e. The van der Waals surface area contributed by atoms with Crippen LogP contribution in [0.1, 0.15) is 0 Å². The van der Waals surface area contributed by atoms with E-state index in [1.807, 2.05) is 0 Å². The summed E-state index contributed by atoms with van der Waals surface area (Å²) in [6, 6.07) is 0. The van der Waals surface area contributed by atoms with Crippen LogP contribution in [0.5, 0.6) is 0 Å². The third-order valence-corrected chi connectivity index (χ3v) is 4.69. The Kier molecular flexibility index (Phi) is 1.76. The maximum atomic E-state index is 12.2. The highest BCUT2D eigenvalue weighted by Gasteiger charge is 2.73. The van der Waals surface area contributed by atoms with Gasteiger partial charge in [-0.1, -0.05) is 0 Å². The normalized spacial score (nSPS) is 32.9. The molecular formula is C2F4NO4S2-. The van der Waals surface area contributed by atoms with Crippen molar-refractivity contribution >= 4 is 20.0 Å². The zero-order valence-corrected chi connectivity index (χ0v) is 7.04. The second kappa shape index (κ2) is 2.15. The molecule has 0 bridgehead atoms. The molecule has 0 aromatic heterocycles. The molecule has 0 spiro atoms. The Morgan fingerprint density at radius 2 is 1.00 bits per heavy atom. The fourth-order valence-electron chi connectivity index (χ4n) is 0.523. The highest BCUT2D eigenvalue weighted by Crippen LogP contribution is 2.53. The maximum absolute atomic E-state index is 12.2. The minimum absolute atomic E-state index is 1.40. The van der Waals surface area contributed by atoms with Crippen molar-refractivity contribution in [2.45, 2.75) is 10.5 Å². The van der Waals surface area contributed by atoms with E-state index in [0.29, 0.717) is 0 Å². The quantitative estimate of drug-likeness (QED) is 0.569. The summed E-state index contributed by atoms with van der Waals surface area (Å²) in [6.07, 6.45) is 0. The van der Waals surface area contributed by atoms with E-state index >= 15 is 0 Å². The molecule has 0 saturated carbocycles. The summed E-state index contributed by atoms with van der Waals surface area (Å²) in [5.41, 5.74) is 0. The van der Waals surface area contributed by atoms with Crippen molar-refractivity contribution in [3.8, 4) is 0 Å². The van der Waals surface area contributed by atoms with Crippen LogP contribution in [0.3, 0.4) is 0 Å². The summed E-state index contributed by atoms with van der Waals surface area (Å²) in [6.45, 7) is 0. The Hall–Kier alpha value is -0.420. The van der Waals surface area contributed by atoms with Crippen LogP contribution in [0.25, 0.3) is 4.13 Å². The van der Waals surface area contributed by atoms with Crippen molar-refractivity contribution in [3.05, 3.63) is 4.13 Å². The van der Waals surface area contributed by atoms with Gasteiger partial charge in [-0.3, -0.25) is 0 Å². The monoisotopic (exact) mass is 242 g/mol. The molecule has 1 aliphatic rings. The first-order valence-corrected chi connectivity index (χ1v) is 5.33. The number of halogens is 4. The van der Waals surface area contributed by atoms with E-state index < -0.39 is 30.6 Å². The van der Waals surface area contributed by atoms with Crippen LogP contribution >= 0.6 is 0 Å². The number of rotatable bonds is 0. The predicted octanol–water partition coefficient (Wildman–Crippen LogP) is 0.219. The average Bonchev–Trinajstić information content (AvgIpc) is 1.88. The van der Waals surface area contributed by atoms with Crippen molar-refractivity contribution in [1.29, 1.82) is 0 Å². The zero-order chi connectivity index (χ0) is 10.7. The van der Waals surface area contributed by atoms with Gasteiger partial charge in [0.2, 0.25) is 0 Å². The van der Waals surface area contributed by atoms with Gasteiger partial charge in [-0.25, -0.2) is 16.8 Å². The fourth-order valence-corrected chi connectivity index (χ4v) is 3.54. The number of alkyl halides is 4. The molecule has 0 unspecified atom stereocenters. The number of sulfonamides is 2. The van der Waals surface area contributed by atoms with Gasteiger partial charge < -0.3 is 4.13 Å². The molecule has 13 heavy (non-hydrogen) atoms. The van der Waals surface area contributed by atoms with Gasteiger partial charge in [0.05, 0.1) is 0 Å². The van der Waals surface area contributed by atoms with E-state index in [9.17, 15) is 34.4 Å². The number of nitrogens with zero attached hydrogens (tertiary/aromatic N) is 1. The highest BCUT2D eigenvalue weighted by molar-refractivity contribution is 8.16. The van der Waals surface area contributed by atoms with Gasteiger partial charge in [0.25, 0.3) is 0 Å². The van der Waals surface area contributed by atoms with E-state index in [0.717, 1.165) is 0 Å². The van der Waals surface area contributed by atoms with Crippen LogP contribution in [0.2, 0.25) is 0 Å². The molecule has 78 valence electrons. The van der Waals surface area contributed by atoms with Crippen molar-refractivity contribution in [2.24, 2.45) is 0 Å². The van der Waals surface area contributed by atoms with E-state index in [1.165, 1.54) is 4.13 Å². The second-order valence-corrected chi connectivity index (χ2v) is 5.58. The van der Waals surface area contributed by atoms with Gasteiger partial charge in [-0.15, -0.1) is 0 Å². The summed E-state index contributed by atoms with van der Waals surface area (Å²) >= 11 is 0. The van der Waals surface area contributed by atoms with Crippen LogP contribution < -0.4 is 0 Å². The SMILES string of the molecule is O=S1(=O)[N-]S(=O)(=O)C(F)(F)C1(F)F. The summed E-state index contributed by atoms with van der Waals surface area (Å²) in [5.74, 6) is 0. The van der Waals surface area contributed by atoms with E-state index in [2.05, 4.69) is 0 Å². The summed E-state index contributed by atoms with van der Waals surface area (Å²) in [4.78, 5) is 0. The molecule has 1 fully saturated rings. The van der Waals surface area contributed by atoms with E-state index in [-0.39, 0.29) is 0 Å². The van der Waals surface area contributed by atoms with E-state index in [4.69, 9.17) is 0 Å². The number of hydrogen-bond acceptors (Lipinski definition) is 4. The van der Waals surface area contributed by atoms with Crippen molar-refractivity contribution in [3.63, 3.8) is 0 Å². The first-order chi connectivity index (χ1) is 5.46. The lowest BCUT2D eigenvalue weighted by molar-refractivity contribution is -0.0920. The Morgan fingerprint density at radius 3 is 1.08 bits per heavy atom. The lowest BCUT2D eigenvalue weighted by Gasteiger charge is -2.16. The van der Waals surface area contributed by atoms with Crippen molar-refractivity contribution in [2.75, 3.05) is 0 Å². The molecule has 1 aliphatic heterocycles. The van der Waals surface area contributed by atoms with Gasteiger partial charge in [-0.05, 0) is 0 Å². The van der Waals surface area contributed by atoms with Crippen molar-refractivity contribution in [1.82, 2.24) is 0 Å². The molecule has 0 aliphatic carbocycles. The minimum Gasteiger partial charge on any atom is -0.425 e. The van der Waals surface area contributed by atoms with E-state index in [1.54, 1.807) is 0 Å². The second-order valence-electron chi connectivity index (χ2n) is 2.06. The molecule has 0 radical (unpaired) electrons. The molecule has 5 nitrogen and oxygen atoms in total. The summed E-state index contributed by atoms with van der Waals surface area (Å²) < 4.78 is 90.7. The highest BCUT2D eigenvalue weighted by atomic mass is 32.3. The zero-order valence-electron chi connectivity index (χ0n) is 5.41. The average molecular weight is 242 g/mol. The van der Waals surface area contributed by atoms with Gasteiger partial charge >= 0.3 is 10.5 Å². The predicted molar refractivity (Wildman–Crippen MR) is 31.1 cm³/mol. The van der Waals surface area contributed by atoms with Gasteiger partial charge in [0.1, 0.15) is 0 Å². The Bertz CT molecular complexity index is 393. The molecule has 1 heterocycles.